The molecule has 2 aromatic carbocycles. The molecule has 6 rings (SSSR count). The van der Waals surface area contributed by atoms with Gasteiger partial charge in [0, 0.05) is 12.7 Å². The lowest BCUT2D eigenvalue weighted by Crippen LogP contribution is -2.41. The fourth-order valence-electron chi connectivity index (χ4n) is 7.81. The maximum absolute atomic E-state index is 14.0. The standard InChI is InChI=1S/C34H37FN2O3/c1-34-15-14-26-25-10-9-22(31(38)7-4-16-37-33(40)28-5-2-3-6-32(28)39)17-21(25)8-11-27(26)30(34)13-12-29(34)23-18-24(35)20-36-19-23/h2-3,5-6,9-10,12,17-20,26-27,30-31,38-39H,4,7-8,11,13-16H2,1H3,(H,37,40)/t26-,27-,30+,31?,34-/m1/s1. The van der Waals surface area contributed by atoms with E-state index in [1.165, 1.54) is 29.0 Å². The number of carbonyl (C=O) groups is 1. The number of rotatable bonds is 7. The van der Waals surface area contributed by atoms with Crippen LogP contribution in [-0.4, -0.2) is 27.6 Å². The molecule has 1 fully saturated rings. The molecule has 40 heavy (non-hydrogen) atoms. The summed E-state index contributed by atoms with van der Waals surface area (Å²) in [6, 6.07) is 14.6. The second kappa shape index (κ2) is 10.8. The van der Waals surface area contributed by atoms with E-state index < -0.39 is 6.10 Å². The molecule has 6 heteroatoms. The lowest BCUT2D eigenvalue weighted by atomic mass is 9.54. The second-order valence-corrected chi connectivity index (χ2v) is 12.0. The van der Waals surface area contributed by atoms with Crippen molar-refractivity contribution in [2.24, 2.45) is 17.3 Å². The van der Waals surface area contributed by atoms with Gasteiger partial charge in [-0.15, -0.1) is 0 Å². The molecular formula is C34H37FN2O3. The summed E-state index contributed by atoms with van der Waals surface area (Å²) in [6.07, 6.45) is 11.4. The number of amides is 1. The van der Waals surface area contributed by atoms with Crippen LogP contribution >= 0.6 is 0 Å². The summed E-state index contributed by atoms with van der Waals surface area (Å²) >= 11 is 0. The van der Waals surface area contributed by atoms with Crippen LogP contribution in [-0.2, 0) is 6.42 Å². The highest BCUT2D eigenvalue weighted by molar-refractivity contribution is 5.96. The van der Waals surface area contributed by atoms with Crippen molar-refractivity contribution in [2.75, 3.05) is 6.54 Å². The van der Waals surface area contributed by atoms with Gasteiger partial charge in [-0.2, -0.15) is 0 Å². The highest BCUT2D eigenvalue weighted by Gasteiger charge is 2.52. The zero-order valence-corrected chi connectivity index (χ0v) is 22.9. The first-order chi connectivity index (χ1) is 19.3. The Hall–Kier alpha value is -3.51. The number of carbonyl (C=O) groups excluding carboxylic acids is 1. The fourth-order valence-corrected chi connectivity index (χ4v) is 7.81. The number of hydrogen-bond donors (Lipinski definition) is 3. The van der Waals surface area contributed by atoms with Crippen LogP contribution in [0.3, 0.4) is 0 Å². The largest absolute Gasteiger partial charge is 0.507 e. The molecule has 0 saturated heterocycles. The number of hydrogen-bond acceptors (Lipinski definition) is 4. The number of halogens is 1. The van der Waals surface area contributed by atoms with E-state index in [4.69, 9.17) is 0 Å². The molecule has 0 aliphatic heterocycles. The van der Waals surface area contributed by atoms with E-state index >= 15 is 0 Å². The highest BCUT2D eigenvalue weighted by atomic mass is 19.1. The van der Waals surface area contributed by atoms with Crippen LogP contribution in [0.2, 0.25) is 0 Å². The fraction of sp³-hybridized carbons (Fsp3) is 0.412. The van der Waals surface area contributed by atoms with Crippen molar-refractivity contribution < 1.29 is 19.4 Å². The number of nitrogens with zero attached hydrogens (tertiary/aromatic N) is 1. The number of benzene rings is 2. The third-order valence-electron chi connectivity index (χ3n) is 9.82. The second-order valence-electron chi connectivity index (χ2n) is 12.0. The first-order valence-electron chi connectivity index (χ1n) is 14.5. The first kappa shape index (κ1) is 26.7. The molecule has 0 bridgehead atoms. The topological polar surface area (TPSA) is 82.5 Å². The van der Waals surface area contributed by atoms with Gasteiger partial charge in [-0.25, -0.2) is 4.39 Å². The van der Waals surface area contributed by atoms with Gasteiger partial charge in [-0.05, 0) is 114 Å². The number of aromatic hydroxyl groups is 1. The number of pyridine rings is 1. The lowest BCUT2D eigenvalue weighted by molar-refractivity contribution is 0.0884. The average molecular weight is 541 g/mol. The molecule has 3 N–H and O–H groups in total. The van der Waals surface area contributed by atoms with E-state index in [2.05, 4.69) is 41.5 Å². The Morgan fingerprint density at radius 1 is 1.18 bits per heavy atom. The molecule has 1 unspecified atom stereocenters. The van der Waals surface area contributed by atoms with E-state index in [-0.39, 0.29) is 28.5 Å². The summed E-state index contributed by atoms with van der Waals surface area (Å²) in [5, 5.41) is 23.6. The number of phenolic OH excluding ortho intramolecular Hbond substituents is 1. The SMILES string of the molecule is C[C@]12CC[C@@H]3c4ccc(C(O)CCCNC(=O)c5ccccc5O)cc4CC[C@H]3[C@@H]1CC=C2c1cncc(F)c1. The molecule has 0 radical (unpaired) electrons. The van der Waals surface area contributed by atoms with Crippen molar-refractivity contribution in [2.45, 2.75) is 63.9 Å². The van der Waals surface area contributed by atoms with Gasteiger partial charge in [0.25, 0.3) is 5.91 Å². The first-order valence-corrected chi connectivity index (χ1v) is 14.5. The summed E-state index contributed by atoms with van der Waals surface area (Å²) in [4.78, 5) is 16.4. The highest BCUT2D eigenvalue weighted by Crippen LogP contribution is 2.63. The number of aromatic nitrogens is 1. The van der Waals surface area contributed by atoms with Crippen LogP contribution < -0.4 is 5.32 Å². The van der Waals surface area contributed by atoms with Gasteiger partial charge in [-0.1, -0.05) is 43.3 Å². The molecule has 5 nitrogen and oxygen atoms in total. The lowest BCUT2D eigenvalue weighted by Gasteiger charge is -2.50. The predicted molar refractivity (Wildman–Crippen MR) is 153 cm³/mol. The smallest absolute Gasteiger partial charge is 0.255 e. The van der Waals surface area contributed by atoms with Crippen LogP contribution in [0.15, 0.2) is 67.0 Å². The molecule has 1 amide bonds. The van der Waals surface area contributed by atoms with E-state index in [0.29, 0.717) is 37.1 Å². The Labute approximate surface area is 235 Å². The monoisotopic (exact) mass is 540 g/mol. The van der Waals surface area contributed by atoms with Crippen molar-refractivity contribution in [3.8, 4) is 5.75 Å². The van der Waals surface area contributed by atoms with E-state index in [1.807, 2.05) is 0 Å². The van der Waals surface area contributed by atoms with Gasteiger partial charge < -0.3 is 15.5 Å². The van der Waals surface area contributed by atoms with Crippen LogP contribution in [0.1, 0.15) is 90.1 Å². The zero-order chi connectivity index (χ0) is 27.9. The summed E-state index contributed by atoms with van der Waals surface area (Å²) in [7, 11) is 0. The van der Waals surface area contributed by atoms with Crippen molar-refractivity contribution in [3.63, 3.8) is 0 Å². The van der Waals surface area contributed by atoms with E-state index in [1.54, 1.807) is 30.5 Å². The van der Waals surface area contributed by atoms with Gasteiger partial charge in [0.2, 0.25) is 0 Å². The number of aliphatic hydroxyl groups is 1. The van der Waals surface area contributed by atoms with Crippen molar-refractivity contribution in [1.29, 1.82) is 0 Å². The zero-order valence-electron chi connectivity index (χ0n) is 22.9. The molecule has 3 aromatic rings. The van der Waals surface area contributed by atoms with Crippen LogP contribution in [0.5, 0.6) is 5.75 Å². The minimum absolute atomic E-state index is 0.0348. The number of fused-ring (bicyclic) bond motifs is 5. The van der Waals surface area contributed by atoms with Gasteiger partial charge in [0.15, 0.2) is 0 Å². The van der Waals surface area contributed by atoms with Gasteiger partial charge in [0.05, 0.1) is 17.9 Å². The van der Waals surface area contributed by atoms with Crippen LogP contribution in [0.25, 0.3) is 5.57 Å². The maximum Gasteiger partial charge on any atom is 0.255 e. The molecule has 1 saturated carbocycles. The number of aryl methyl sites for hydroxylation is 1. The molecule has 1 aromatic heterocycles. The minimum atomic E-state index is -0.582. The molecule has 208 valence electrons. The predicted octanol–water partition coefficient (Wildman–Crippen LogP) is 6.72. The Morgan fingerprint density at radius 3 is 2.85 bits per heavy atom. The Morgan fingerprint density at radius 2 is 2.02 bits per heavy atom. The molecule has 3 aliphatic carbocycles. The van der Waals surface area contributed by atoms with Crippen molar-refractivity contribution in [3.05, 3.63) is 101 Å². The molecule has 5 atom stereocenters. The number of para-hydroxylation sites is 1. The van der Waals surface area contributed by atoms with E-state index in [9.17, 15) is 19.4 Å². The minimum Gasteiger partial charge on any atom is -0.507 e. The van der Waals surface area contributed by atoms with E-state index in [0.717, 1.165) is 43.2 Å². The number of nitrogens with one attached hydrogen (secondary N) is 1. The van der Waals surface area contributed by atoms with Gasteiger partial charge in [0.1, 0.15) is 11.6 Å². The molecular weight excluding hydrogens is 503 g/mol. The number of phenols is 1. The number of allylic oxidation sites excluding steroid dienone is 2. The molecule has 3 aliphatic rings. The summed E-state index contributed by atoms with van der Waals surface area (Å²) in [6.45, 7) is 2.80. The molecule has 0 spiro atoms. The number of aliphatic hydroxyl groups excluding tert-OH is 1. The van der Waals surface area contributed by atoms with Gasteiger partial charge >= 0.3 is 0 Å². The maximum atomic E-state index is 14.0. The Kier molecular flexibility index (Phi) is 7.22. The molecule has 1 heterocycles. The summed E-state index contributed by atoms with van der Waals surface area (Å²) in [5.41, 5.74) is 6.24. The average Bonchev–Trinajstić information content (AvgIpc) is 3.32. The summed E-state index contributed by atoms with van der Waals surface area (Å²) < 4.78 is 14.0. The third kappa shape index (κ3) is 4.83. The summed E-state index contributed by atoms with van der Waals surface area (Å²) in [5.74, 6) is 1.06. The Bertz CT molecular complexity index is 1450. The quantitative estimate of drug-likeness (QED) is 0.291. The van der Waals surface area contributed by atoms with Crippen molar-refractivity contribution in [1.82, 2.24) is 10.3 Å². The Balaban J connectivity index is 1.08. The third-order valence-corrected chi connectivity index (χ3v) is 9.82. The van der Waals surface area contributed by atoms with Crippen LogP contribution in [0, 0.1) is 23.1 Å². The normalized spacial score (nSPS) is 25.8. The van der Waals surface area contributed by atoms with Gasteiger partial charge in [-0.3, -0.25) is 9.78 Å². The van der Waals surface area contributed by atoms with Crippen molar-refractivity contribution >= 4 is 11.5 Å². The van der Waals surface area contributed by atoms with Crippen LogP contribution in [0.4, 0.5) is 4.39 Å².